The summed E-state index contributed by atoms with van der Waals surface area (Å²) in [6, 6.07) is 20.3. The summed E-state index contributed by atoms with van der Waals surface area (Å²) < 4.78 is 31.3. The van der Waals surface area contributed by atoms with Crippen molar-refractivity contribution in [2.75, 3.05) is 7.11 Å². The number of halogens is 1. The standard InChI is InChI=1S/C31H32FNO4/c1-20(34)16-25(30-14-15-37-33-30)22-7-9-23(10-8-22)36-19-21-6-12-28(31(2,3)4)26(17-21)27-18-24(35-5)11-13-29(27)32/h6-15,17-18,25H,16,19H2,1-5H3/t25-/m0/s1. The van der Waals surface area contributed by atoms with Gasteiger partial charge in [-0.25, -0.2) is 4.39 Å². The molecular weight excluding hydrogens is 469 g/mol. The minimum absolute atomic E-state index is 0.0790. The normalized spacial score (nSPS) is 12.3. The van der Waals surface area contributed by atoms with Gasteiger partial charge in [0.05, 0.1) is 12.8 Å². The van der Waals surface area contributed by atoms with E-state index in [0.717, 1.165) is 27.9 Å². The van der Waals surface area contributed by atoms with Gasteiger partial charge in [0.15, 0.2) is 0 Å². The van der Waals surface area contributed by atoms with Gasteiger partial charge in [0, 0.05) is 24.0 Å². The van der Waals surface area contributed by atoms with Crippen LogP contribution in [0, 0.1) is 5.82 Å². The zero-order chi connectivity index (χ0) is 26.6. The number of hydrogen-bond donors (Lipinski definition) is 0. The molecule has 0 saturated heterocycles. The third kappa shape index (κ3) is 6.26. The number of aromatic nitrogens is 1. The third-order valence-corrected chi connectivity index (χ3v) is 6.35. The lowest BCUT2D eigenvalue weighted by Crippen LogP contribution is -2.13. The number of ether oxygens (including phenoxy) is 2. The molecule has 0 unspecified atom stereocenters. The van der Waals surface area contributed by atoms with Gasteiger partial charge in [0.25, 0.3) is 0 Å². The Morgan fingerprint density at radius 3 is 2.32 bits per heavy atom. The second-order valence-corrected chi connectivity index (χ2v) is 10.2. The monoisotopic (exact) mass is 501 g/mol. The van der Waals surface area contributed by atoms with Crippen molar-refractivity contribution in [3.05, 3.63) is 101 Å². The Morgan fingerprint density at radius 1 is 0.973 bits per heavy atom. The third-order valence-electron chi connectivity index (χ3n) is 6.35. The van der Waals surface area contributed by atoms with Crippen LogP contribution in [0.5, 0.6) is 11.5 Å². The van der Waals surface area contributed by atoms with Crippen LogP contribution < -0.4 is 9.47 Å². The minimum Gasteiger partial charge on any atom is -0.497 e. The molecule has 1 aromatic heterocycles. The average molecular weight is 502 g/mol. The SMILES string of the molecule is COc1ccc(F)c(-c2cc(COc3ccc([C@H](CC(C)=O)c4ccon4)cc3)ccc2C(C)(C)C)c1. The molecule has 0 amide bonds. The van der Waals surface area contributed by atoms with Crippen molar-refractivity contribution in [3.8, 4) is 22.6 Å². The smallest absolute Gasteiger partial charge is 0.131 e. The van der Waals surface area contributed by atoms with Crippen LogP contribution in [0.1, 0.15) is 62.4 Å². The van der Waals surface area contributed by atoms with E-state index in [1.165, 1.54) is 12.3 Å². The van der Waals surface area contributed by atoms with Crippen LogP contribution in [0.4, 0.5) is 4.39 Å². The van der Waals surface area contributed by atoms with Crippen LogP contribution in [-0.2, 0) is 16.8 Å². The highest BCUT2D eigenvalue weighted by atomic mass is 19.1. The summed E-state index contributed by atoms with van der Waals surface area (Å²) in [6.07, 6.45) is 1.85. The molecule has 0 N–H and O–H groups in total. The van der Waals surface area contributed by atoms with Crippen molar-refractivity contribution < 1.29 is 23.2 Å². The van der Waals surface area contributed by atoms with Gasteiger partial charge in [-0.15, -0.1) is 0 Å². The number of nitrogens with zero attached hydrogens (tertiary/aromatic N) is 1. The Kier molecular flexibility index (Phi) is 7.77. The summed E-state index contributed by atoms with van der Waals surface area (Å²) >= 11 is 0. The van der Waals surface area contributed by atoms with Crippen molar-refractivity contribution >= 4 is 5.78 Å². The van der Waals surface area contributed by atoms with E-state index < -0.39 is 0 Å². The molecule has 3 aromatic carbocycles. The molecule has 4 rings (SSSR count). The Labute approximate surface area is 217 Å². The molecule has 0 fully saturated rings. The summed E-state index contributed by atoms with van der Waals surface area (Å²) in [5.41, 5.74) is 4.78. The van der Waals surface area contributed by atoms with Crippen LogP contribution >= 0.6 is 0 Å². The first-order valence-electron chi connectivity index (χ1n) is 12.3. The van der Waals surface area contributed by atoms with Crippen molar-refractivity contribution in [1.82, 2.24) is 5.16 Å². The molecule has 0 radical (unpaired) electrons. The van der Waals surface area contributed by atoms with E-state index in [9.17, 15) is 9.18 Å². The van der Waals surface area contributed by atoms with Gasteiger partial charge in [-0.05, 0) is 71.0 Å². The first-order chi connectivity index (χ1) is 17.7. The van der Waals surface area contributed by atoms with E-state index in [-0.39, 0.29) is 22.9 Å². The number of methoxy groups -OCH3 is 1. The summed E-state index contributed by atoms with van der Waals surface area (Å²) in [4.78, 5) is 11.8. The largest absolute Gasteiger partial charge is 0.497 e. The van der Waals surface area contributed by atoms with Gasteiger partial charge in [-0.3, -0.25) is 4.79 Å². The predicted molar refractivity (Wildman–Crippen MR) is 142 cm³/mol. The molecule has 1 atom stereocenters. The number of hydrogen-bond acceptors (Lipinski definition) is 5. The zero-order valence-corrected chi connectivity index (χ0v) is 21.9. The Hall–Kier alpha value is -3.93. The fourth-order valence-electron chi connectivity index (χ4n) is 4.44. The maximum absolute atomic E-state index is 14.9. The highest BCUT2D eigenvalue weighted by molar-refractivity contribution is 5.77. The molecule has 1 heterocycles. The van der Waals surface area contributed by atoms with Crippen LogP contribution in [0.15, 0.2) is 77.5 Å². The molecule has 192 valence electrons. The molecule has 0 saturated carbocycles. The van der Waals surface area contributed by atoms with Gasteiger partial charge in [0.2, 0.25) is 0 Å². The molecule has 0 aliphatic heterocycles. The molecule has 0 aliphatic carbocycles. The van der Waals surface area contributed by atoms with Gasteiger partial charge in [0.1, 0.15) is 36.0 Å². The average Bonchev–Trinajstić information content (AvgIpc) is 3.41. The number of benzene rings is 3. The summed E-state index contributed by atoms with van der Waals surface area (Å²) in [5, 5.41) is 4.03. The maximum atomic E-state index is 14.9. The number of carbonyl (C=O) groups is 1. The quantitative estimate of drug-likeness (QED) is 0.238. The molecule has 5 nitrogen and oxygen atoms in total. The number of ketones is 1. The van der Waals surface area contributed by atoms with Gasteiger partial charge in [-0.2, -0.15) is 0 Å². The van der Waals surface area contributed by atoms with Crippen molar-refractivity contribution in [2.45, 2.75) is 52.1 Å². The first-order valence-corrected chi connectivity index (χ1v) is 12.3. The summed E-state index contributed by atoms with van der Waals surface area (Å²) in [6.45, 7) is 8.23. The molecule has 0 aliphatic rings. The minimum atomic E-state index is -0.299. The Balaban J connectivity index is 1.57. The maximum Gasteiger partial charge on any atom is 0.131 e. The van der Waals surface area contributed by atoms with Gasteiger partial charge in [-0.1, -0.05) is 50.2 Å². The van der Waals surface area contributed by atoms with E-state index in [4.69, 9.17) is 14.0 Å². The van der Waals surface area contributed by atoms with Crippen molar-refractivity contribution in [2.24, 2.45) is 0 Å². The molecule has 37 heavy (non-hydrogen) atoms. The lowest BCUT2D eigenvalue weighted by Gasteiger charge is -2.24. The van der Waals surface area contributed by atoms with Crippen molar-refractivity contribution in [1.29, 1.82) is 0 Å². The van der Waals surface area contributed by atoms with Gasteiger partial charge >= 0.3 is 0 Å². The van der Waals surface area contributed by atoms with Crippen molar-refractivity contribution in [3.63, 3.8) is 0 Å². The van der Waals surface area contributed by atoms with Gasteiger partial charge < -0.3 is 14.0 Å². The molecule has 0 spiro atoms. The Bertz CT molecular complexity index is 1360. The van der Waals surface area contributed by atoms with E-state index in [1.54, 1.807) is 32.2 Å². The van der Waals surface area contributed by atoms with Crippen LogP contribution in [0.25, 0.3) is 11.1 Å². The topological polar surface area (TPSA) is 61.6 Å². The second kappa shape index (κ2) is 11.0. The highest BCUT2D eigenvalue weighted by Gasteiger charge is 2.22. The number of carbonyl (C=O) groups excluding carboxylic acids is 1. The van der Waals surface area contributed by atoms with E-state index in [0.29, 0.717) is 30.1 Å². The molecular formula is C31H32FNO4. The molecule has 4 aromatic rings. The van der Waals surface area contributed by atoms with Crippen LogP contribution in [-0.4, -0.2) is 18.0 Å². The number of rotatable bonds is 9. The van der Waals surface area contributed by atoms with E-state index in [2.05, 4.69) is 25.9 Å². The summed E-state index contributed by atoms with van der Waals surface area (Å²) in [5.74, 6) is 0.907. The predicted octanol–water partition coefficient (Wildman–Crippen LogP) is 7.48. The fraction of sp³-hybridized carbons (Fsp3) is 0.290. The lowest BCUT2D eigenvalue weighted by molar-refractivity contribution is -0.117. The molecule has 0 bridgehead atoms. The fourth-order valence-corrected chi connectivity index (χ4v) is 4.44. The Morgan fingerprint density at radius 2 is 1.70 bits per heavy atom. The van der Waals surface area contributed by atoms with E-state index >= 15 is 0 Å². The second-order valence-electron chi connectivity index (χ2n) is 10.2. The molecule has 6 heteroatoms. The number of Topliss-reactive ketones (excluding diaryl/α,β-unsaturated/α-hetero) is 1. The zero-order valence-electron chi connectivity index (χ0n) is 21.9. The highest BCUT2D eigenvalue weighted by Crippen LogP contribution is 2.37. The van der Waals surface area contributed by atoms with Crippen LogP contribution in [0.2, 0.25) is 0 Å². The lowest BCUT2D eigenvalue weighted by atomic mass is 9.81. The first kappa shape index (κ1) is 26.1. The van der Waals surface area contributed by atoms with Crippen LogP contribution in [0.3, 0.4) is 0 Å². The summed E-state index contributed by atoms with van der Waals surface area (Å²) in [7, 11) is 1.57. The van der Waals surface area contributed by atoms with E-state index in [1.807, 2.05) is 42.5 Å².